The number of aliphatic hydroxyl groups is 1. The molecule has 0 saturated carbocycles. The van der Waals surface area contributed by atoms with Gasteiger partial charge >= 0.3 is 5.97 Å². The third kappa shape index (κ3) is 3.98. The molecule has 2 saturated heterocycles. The number of unbranched alkanes of at least 4 members (excludes halogenated alkanes) is 2. The van der Waals surface area contributed by atoms with Gasteiger partial charge in [0.1, 0.15) is 6.04 Å². The van der Waals surface area contributed by atoms with E-state index in [1.165, 1.54) is 0 Å². The summed E-state index contributed by atoms with van der Waals surface area (Å²) in [7, 11) is 0. The van der Waals surface area contributed by atoms with Crippen LogP contribution in [0.4, 0.5) is 5.69 Å². The number of thioether (sulfide) groups is 1. The Bertz CT molecular complexity index is 1100. The topological polar surface area (TPSA) is 87.2 Å². The molecule has 0 radical (unpaired) electrons. The summed E-state index contributed by atoms with van der Waals surface area (Å²) in [5.74, 6) is -1.85. The number of esters is 1. The summed E-state index contributed by atoms with van der Waals surface area (Å²) in [6.07, 6.45) is 10.8. The van der Waals surface area contributed by atoms with Crippen LogP contribution in [-0.2, 0) is 19.1 Å². The van der Waals surface area contributed by atoms with Crippen molar-refractivity contribution in [2.24, 2.45) is 11.8 Å². The summed E-state index contributed by atoms with van der Waals surface area (Å²) in [5.41, 5.74) is 2.90. The molecular formula is C28H34N2O5S. The number of anilines is 1. The number of ether oxygens (including phenoxy) is 1. The zero-order valence-corrected chi connectivity index (χ0v) is 21.7. The van der Waals surface area contributed by atoms with Crippen LogP contribution in [0.3, 0.4) is 0 Å². The molecule has 2 fully saturated rings. The van der Waals surface area contributed by atoms with Crippen LogP contribution < -0.4 is 4.90 Å². The third-order valence-corrected chi connectivity index (χ3v) is 9.63. The van der Waals surface area contributed by atoms with Crippen LogP contribution in [0.5, 0.6) is 0 Å². The fourth-order valence-corrected chi connectivity index (χ4v) is 8.35. The number of benzene rings is 1. The first-order chi connectivity index (χ1) is 17.4. The van der Waals surface area contributed by atoms with Crippen molar-refractivity contribution in [1.29, 1.82) is 0 Å². The maximum atomic E-state index is 14.4. The second kappa shape index (κ2) is 10.1. The Morgan fingerprint density at radius 2 is 1.86 bits per heavy atom. The fourth-order valence-electron chi connectivity index (χ4n) is 6.35. The Balaban J connectivity index is 1.59. The third-order valence-electron chi connectivity index (χ3n) is 7.89. The minimum Gasteiger partial charge on any atom is -0.465 e. The first-order valence-electron chi connectivity index (χ1n) is 12.9. The minimum atomic E-state index is -0.834. The summed E-state index contributed by atoms with van der Waals surface area (Å²) in [6, 6.07) is 5.28. The van der Waals surface area contributed by atoms with Gasteiger partial charge in [0.05, 0.1) is 23.2 Å². The van der Waals surface area contributed by atoms with Gasteiger partial charge < -0.3 is 19.6 Å². The number of cyclic esters (lactones) is 1. The van der Waals surface area contributed by atoms with Gasteiger partial charge in [-0.3, -0.25) is 14.4 Å². The van der Waals surface area contributed by atoms with Gasteiger partial charge in [0.25, 0.3) is 5.91 Å². The zero-order chi connectivity index (χ0) is 25.4. The number of aryl methyl sites for hydroxylation is 2. The highest BCUT2D eigenvalue weighted by molar-refractivity contribution is 8.02. The Hall–Kier alpha value is -2.58. The molecule has 0 bridgehead atoms. The van der Waals surface area contributed by atoms with Gasteiger partial charge in [0, 0.05) is 30.6 Å². The van der Waals surface area contributed by atoms with E-state index in [0.29, 0.717) is 39.0 Å². The van der Waals surface area contributed by atoms with Crippen molar-refractivity contribution in [2.45, 2.75) is 55.6 Å². The number of hydrogen-bond donors (Lipinski definition) is 1. The van der Waals surface area contributed by atoms with E-state index in [1.807, 2.05) is 61.3 Å². The molecule has 2 amide bonds. The second-order valence-corrected chi connectivity index (χ2v) is 11.6. The van der Waals surface area contributed by atoms with Crippen molar-refractivity contribution in [3.05, 3.63) is 53.6 Å². The summed E-state index contributed by atoms with van der Waals surface area (Å²) in [4.78, 5) is 45.2. The molecule has 1 unspecified atom stereocenters. The highest BCUT2D eigenvalue weighted by Crippen LogP contribution is 2.61. The molecule has 5 atom stereocenters. The van der Waals surface area contributed by atoms with Crippen molar-refractivity contribution < 1.29 is 24.2 Å². The van der Waals surface area contributed by atoms with E-state index in [9.17, 15) is 19.5 Å². The Morgan fingerprint density at radius 1 is 1.08 bits per heavy atom. The fraction of sp³-hybridized carbons (Fsp3) is 0.536. The second-order valence-electron chi connectivity index (χ2n) is 10.1. The molecule has 4 heterocycles. The summed E-state index contributed by atoms with van der Waals surface area (Å²) < 4.78 is 4.70. The average molecular weight is 511 g/mol. The van der Waals surface area contributed by atoms with Crippen LogP contribution in [-0.4, -0.2) is 70.1 Å². The van der Waals surface area contributed by atoms with E-state index < -0.39 is 22.6 Å². The van der Waals surface area contributed by atoms with E-state index in [0.717, 1.165) is 23.2 Å². The molecule has 7 nitrogen and oxygen atoms in total. The maximum Gasteiger partial charge on any atom is 0.311 e. The van der Waals surface area contributed by atoms with E-state index in [-0.39, 0.29) is 29.6 Å². The summed E-state index contributed by atoms with van der Waals surface area (Å²) in [5, 5.41) is 9.00. The van der Waals surface area contributed by atoms with Crippen LogP contribution >= 0.6 is 11.8 Å². The number of rotatable bonds is 6. The highest BCUT2D eigenvalue weighted by atomic mass is 32.2. The van der Waals surface area contributed by atoms with Gasteiger partial charge in [-0.2, -0.15) is 0 Å². The van der Waals surface area contributed by atoms with Gasteiger partial charge in [0.15, 0.2) is 0 Å². The molecule has 0 aliphatic carbocycles. The number of carbonyl (C=O) groups is 3. The van der Waals surface area contributed by atoms with E-state index in [2.05, 4.69) is 0 Å². The number of carbonyl (C=O) groups excluding carboxylic acids is 3. The maximum absolute atomic E-state index is 14.4. The standard InChI is InChI=1S/C28H34N2O5S/c1-18-10-8-11-19(2)23(18)29-15-9-13-28-22(21-20(36-28)12-4-7-17-35-27(21)34)25(32)30(24(28)26(29)33)14-5-3-6-16-31/h4,8-13,20-22,24,31H,3,5-7,14-17H2,1-2H3/t20-,21+,22+,24?,28+/m1/s1. The van der Waals surface area contributed by atoms with Crippen LogP contribution in [0, 0.1) is 25.7 Å². The lowest BCUT2D eigenvalue weighted by Crippen LogP contribution is -2.53. The first-order valence-corrected chi connectivity index (χ1v) is 13.8. The highest BCUT2D eigenvalue weighted by Gasteiger charge is 2.71. The normalized spacial score (nSPS) is 31.5. The Labute approximate surface area is 216 Å². The minimum absolute atomic E-state index is 0.101. The number of fused-ring (bicyclic) bond motifs is 2. The van der Waals surface area contributed by atoms with Gasteiger partial charge in [0.2, 0.25) is 5.91 Å². The number of nitrogens with zero attached hydrogens (tertiary/aromatic N) is 2. The quantitative estimate of drug-likeness (QED) is 0.359. The van der Waals surface area contributed by atoms with E-state index in [1.54, 1.807) is 16.7 Å². The number of amides is 2. The van der Waals surface area contributed by atoms with Gasteiger partial charge in [-0.05, 0) is 50.7 Å². The van der Waals surface area contributed by atoms with Gasteiger partial charge in [-0.1, -0.05) is 42.5 Å². The van der Waals surface area contributed by atoms with Crippen molar-refractivity contribution in [2.75, 3.05) is 31.2 Å². The SMILES string of the molecule is Cc1cccc(C)c1N1CC=C[C@]23S[C@@H]4C=CCCOC(=O)[C@@H]4[C@H]2C(=O)N(CCCCCO)C3C1=O. The Kier molecular flexibility index (Phi) is 7.01. The van der Waals surface area contributed by atoms with Crippen LogP contribution in [0.1, 0.15) is 36.8 Å². The van der Waals surface area contributed by atoms with Crippen molar-refractivity contribution in [1.82, 2.24) is 4.90 Å². The van der Waals surface area contributed by atoms with Crippen LogP contribution in [0.2, 0.25) is 0 Å². The molecule has 192 valence electrons. The van der Waals surface area contributed by atoms with Crippen molar-refractivity contribution in [3.8, 4) is 0 Å². The predicted molar refractivity (Wildman–Crippen MR) is 140 cm³/mol. The number of hydrogen-bond acceptors (Lipinski definition) is 6. The first kappa shape index (κ1) is 25.1. The summed E-state index contributed by atoms with van der Waals surface area (Å²) >= 11 is 1.57. The molecule has 5 rings (SSSR count). The molecule has 1 aromatic carbocycles. The van der Waals surface area contributed by atoms with Crippen LogP contribution in [0.15, 0.2) is 42.5 Å². The molecule has 8 heteroatoms. The smallest absolute Gasteiger partial charge is 0.311 e. The van der Waals surface area contributed by atoms with E-state index >= 15 is 0 Å². The molecule has 4 aliphatic rings. The molecular weight excluding hydrogens is 476 g/mol. The van der Waals surface area contributed by atoms with E-state index in [4.69, 9.17) is 4.74 Å². The summed E-state index contributed by atoms with van der Waals surface area (Å²) in [6.45, 7) is 5.25. The predicted octanol–water partition coefficient (Wildman–Crippen LogP) is 3.17. The zero-order valence-electron chi connectivity index (χ0n) is 20.9. The lowest BCUT2D eigenvalue weighted by atomic mass is 9.78. The largest absolute Gasteiger partial charge is 0.465 e. The van der Waals surface area contributed by atoms with Gasteiger partial charge in [-0.15, -0.1) is 11.8 Å². The molecule has 0 aromatic heterocycles. The van der Waals surface area contributed by atoms with Crippen molar-refractivity contribution in [3.63, 3.8) is 0 Å². The molecule has 1 N–H and O–H groups in total. The molecule has 1 aromatic rings. The lowest BCUT2D eigenvalue weighted by molar-refractivity contribution is -0.153. The van der Waals surface area contributed by atoms with Crippen LogP contribution in [0.25, 0.3) is 0 Å². The van der Waals surface area contributed by atoms with Crippen molar-refractivity contribution >= 4 is 35.2 Å². The molecule has 1 spiro atoms. The van der Waals surface area contributed by atoms with Gasteiger partial charge in [-0.25, -0.2) is 0 Å². The molecule has 36 heavy (non-hydrogen) atoms. The molecule has 4 aliphatic heterocycles. The number of likely N-dealkylation sites (tertiary alicyclic amines) is 1. The average Bonchev–Trinajstić information content (AvgIpc) is 3.21. The Morgan fingerprint density at radius 3 is 2.61 bits per heavy atom. The number of aliphatic hydroxyl groups excluding tert-OH is 1. The number of para-hydroxylation sites is 1. The lowest BCUT2D eigenvalue weighted by Gasteiger charge is -2.36. The monoisotopic (exact) mass is 510 g/mol.